The van der Waals surface area contributed by atoms with Crippen LogP contribution in [0.1, 0.15) is 36.5 Å². The largest absolute Gasteiger partial charge is 0.381 e. The monoisotopic (exact) mass is 388 g/mol. The minimum absolute atomic E-state index is 0. The third-order valence-electron chi connectivity index (χ3n) is 5.60. The summed E-state index contributed by atoms with van der Waals surface area (Å²) in [5.74, 6) is -0.150. The van der Waals surface area contributed by atoms with Crippen molar-refractivity contribution in [2.45, 2.75) is 37.6 Å². The molecule has 2 aromatic carbocycles. The number of ether oxygens (including phenoxy) is 1. The maximum atomic E-state index is 12.9. The van der Waals surface area contributed by atoms with Crippen LogP contribution in [0.25, 0.3) is 0 Å². The number of hydrogen-bond acceptors (Lipinski definition) is 3. The van der Waals surface area contributed by atoms with Crippen molar-refractivity contribution >= 4 is 18.3 Å². The predicted molar refractivity (Wildman–Crippen MR) is 111 cm³/mol. The molecule has 1 fully saturated rings. The Bertz CT molecular complexity index is 756. The summed E-state index contributed by atoms with van der Waals surface area (Å²) in [5, 5.41) is 3.14. The molecule has 0 bridgehead atoms. The van der Waals surface area contributed by atoms with E-state index in [0.29, 0.717) is 19.8 Å². The molecule has 3 rings (SSSR count). The van der Waals surface area contributed by atoms with Gasteiger partial charge in [0.25, 0.3) is 0 Å². The fourth-order valence-corrected chi connectivity index (χ4v) is 3.82. The number of carbonyl (C=O) groups is 1. The molecule has 0 saturated carbocycles. The van der Waals surface area contributed by atoms with E-state index in [2.05, 4.69) is 36.5 Å². The molecule has 1 aliphatic heterocycles. The summed E-state index contributed by atoms with van der Waals surface area (Å²) >= 11 is 0. The number of nitrogens with two attached hydrogens (primary N) is 1. The van der Waals surface area contributed by atoms with Gasteiger partial charge < -0.3 is 15.8 Å². The van der Waals surface area contributed by atoms with E-state index in [1.807, 2.05) is 30.3 Å². The quantitative estimate of drug-likeness (QED) is 0.824. The SMILES string of the molecule is Cc1ccccc1C1(CNC(=O)C(C)(N)c2ccccc2)CCOCC1.Cl. The molecule has 1 atom stereocenters. The van der Waals surface area contributed by atoms with Crippen molar-refractivity contribution in [3.63, 3.8) is 0 Å². The summed E-state index contributed by atoms with van der Waals surface area (Å²) in [6.45, 7) is 5.89. The Balaban J connectivity index is 0.00000261. The average molecular weight is 389 g/mol. The molecular weight excluding hydrogens is 360 g/mol. The van der Waals surface area contributed by atoms with Crippen molar-refractivity contribution in [1.82, 2.24) is 5.32 Å². The Morgan fingerprint density at radius 3 is 2.33 bits per heavy atom. The highest BCUT2D eigenvalue weighted by molar-refractivity contribution is 5.87. The van der Waals surface area contributed by atoms with E-state index in [0.717, 1.165) is 18.4 Å². The number of rotatable bonds is 5. The third kappa shape index (κ3) is 4.52. The third-order valence-corrected chi connectivity index (χ3v) is 5.60. The first-order valence-electron chi connectivity index (χ1n) is 9.22. The Hall–Kier alpha value is -1.88. The van der Waals surface area contributed by atoms with Crippen LogP contribution in [0.4, 0.5) is 0 Å². The van der Waals surface area contributed by atoms with Crippen LogP contribution in [-0.4, -0.2) is 25.7 Å². The molecule has 0 aromatic heterocycles. The lowest BCUT2D eigenvalue weighted by molar-refractivity contribution is -0.126. The molecule has 0 aliphatic carbocycles. The van der Waals surface area contributed by atoms with Gasteiger partial charge in [0.2, 0.25) is 5.91 Å². The van der Waals surface area contributed by atoms with Crippen LogP contribution in [0.15, 0.2) is 54.6 Å². The summed E-state index contributed by atoms with van der Waals surface area (Å²) in [6, 6.07) is 17.9. The van der Waals surface area contributed by atoms with Crippen molar-refractivity contribution in [3.05, 3.63) is 71.3 Å². The van der Waals surface area contributed by atoms with Gasteiger partial charge in [0.05, 0.1) is 0 Å². The predicted octanol–water partition coefficient (Wildman–Crippen LogP) is 3.46. The summed E-state index contributed by atoms with van der Waals surface area (Å²) in [6.07, 6.45) is 1.79. The Morgan fingerprint density at radius 1 is 1.11 bits per heavy atom. The minimum Gasteiger partial charge on any atom is -0.381 e. The topological polar surface area (TPSA) is 64.4 Å². The molecule has 5 heteroatoms. The molecule has 2 aromatic rings. The molecule has 146 valence electrons. The molecular formula is C22H29ClN2O2. The number of benzene rings is 2. The fourth-order valence-electron chi connectivity index (χ4n) is 3.82. The van der Waals surface area contributed by atoms with Crippen molar-refractivity contribution in [2.24, 2.45) is 5.73 Å². The number of halogens is 1. The van der Waals surface area contributed by atoms with E-state index < -0.39 is 5.54 Å². The van der Waals surface area contributed by atoms with Crippen LogP contribution in [-0.2, 0) is 20.5 Å². The Labute approximate surface area is 167 Å². The van der Waals surface area contributed by atoms with Gasteiger partial charge in [-0.1, -0.05) is 54.6 Å². The number of carbonyl (C=O) groups excluding carboxylic acids is 1. The summed E-state index contributed by atoms with van der Waals surface area (Å²) in [7, 11) is 0. The van der Waals surface area contributed by atoms with E-state index in [-0.39, 0.29) is 23.7 Å². The van der Waals surface area contributed by atoms with Gasteiger partial charge in [-0.05, 0) is 43.4 Å². The zero-order valence-corrected chi connectivity index (χ0v) is 16.9. The highest BCUT2D eigenvalue weighted by Crippen LogP contribution is 2.36. The number of aryl methyl sites for hydroxylation is 1. The van der Waals surface area contributed by atoms with E-state index in [1.54, 1.807) is 6.92 Å². The zero-order valence-electron chi connectivity index (χ0n) is 16.0. The molecule has 1 saturated heterocycles. The lowest BCUT2D eigenvalue weighted by Gasteiger charge is -2.39. The smallest absolute Gasteiger partial charge is 0.244 e. The molecule has 1 amide bonds. The lowest BCUT2D eigenvalue weighted by Crippen LogP contribution is -2.53. The fraction of sp³-hybridized carbons (Fsp3) is 0.409. The van der Waals surface area contributed by atoms with Crippen molar-refractivity contribution in [1.29, 1.82) is 0 Å². The Kier molecular flexibility index (Phi) is 7.04. The molecule has 4 nitrogen and oxygen atoms in total. The molecule has 27 heavy (non-hydrogen) atoms. The van der Waals surface area contributed by atoms with Crippen molar-refractivity contribution < 1.29 is 9.53 Å². The number of nitrogens with one attached hydrogen (secondary N) is 1. The second-order valence-electron chi connectivity index (χ2n) is 7.46. The van der Waals surface area contributed by atoms with E-state index in [4.69, 9.17) is 10.5 Å². The zero-order chi connectivity index (χ0) is 18.6. The van der Waals surface area contributed by atoms with Crippen LogP contribution in [0.2, 0.25) is 0 Å². The number of amides is 1. The van der Waals surface area contributed by atoms with Crippen molar-refractivity contribution in [2.75, 3.05) is 19.8 Å². The minimum atomic E-state index is -1.06. The van der Waals surface area contributed by atoms with Crippen LogP contribution in [0.3, 0.4) is 0 Å². The lowest BCUT2D eigenvalue weighted by atomic mass is 9.72. The average Bonchev–Trinajstić information content (AvgIpc) is 2.68. The summed E-state index contributed by atoms with van der Waals surface area (Å²) < 4.78 is 5.59. The van der Waals surface area contributed by atoms with Gasteiger partial charge >= 0.3 is 0 Å². The van der Waals surface area contributed by atoms with Gasteiger partial charge in [-0.3, -0.25) is 4.79 Å². The first-order chi connectivity index (χ1) is 12.5. The normalized spacial score (nSPS) is 18.0. The van der Waals surface area contributed by atoms with Crippen LogP contribution in [0, 0.1) is 6.92 Å². The van der Waals surface area contributed by atoms with Crippen molar-refractivity contribution in [3.8, 4) is 0 Å². The van der Waals surface area contributed by atoms with E-state index in [9.17, 15) is 4.79 Å². The molecule has 1 aliphatic rings. The molecule has 1 heterocycles. The first kappa shape index (κ1) is 21.4. The van der Waals surface area contributed by atoms with Gasteiger partial charge in [-0.25, -0.2) is 0 Å². The molecule has 0 radical (unpaired) electrons. The first-order valence-corrected chi connectivity index (χ1v) is 9.22. The number of hydrogen-bond donors (Lipinski definition) is 2. The highest BCUT2D eigenvalue weighted by atomic mass is 35.5. The van der Waals surface area contributed by atoms with Gasteiger partial charge in [-0.2, -0.15) is 0 Å². The van der Waals surface area contributed by atoms with E-state index in [1.165, 1.54) is 11.1 Å². The maximum Gasteiger partial charge on any atom is 0.244 e. The van der Waals surface area contributed by atoms with Gasteiger partial charge in [0.1, 0.15) is 5.54 Å². The molecule has 3 N–H and O–H groups in total. The van der Waals surface area contributed by atoms with Crippen LogP contribution in [0.5, 0.6) is 0 Å². The molecule has 1 unspecified atom stereocenters. The maximum absolute atomic E-state index is 12.9. The summed E-state index contributed by atoms with van der Waals surface area (Å²) in [5.41, 5.74) is 8.57. The van der Waals surface area contributed by atoms with Crippen LogP contribution >= 0.6 is 12.4 Å². The highest BCUT2D eigenvalue weighted by Gasteiger charge is 2.38. The second-order valence-corrected chi connectivity index (χ2v) is 7.46. The van der Waals surface area contributed by atoms with Crippen LogP contribution < -0.4 is 11.1 Å². The standard InChI is InChI=1S/C22H28N2O2.ClH/c1-17-8-6-7-11-19(17)22(12-14-26-15-13-22)16-24-20(25)21(2,23)18-9-4-3-5-10-18;/h3-11H,12-16,23H2,1-2H3,(H,24,25);1H. The molecule has 0 spiro atoms. The second kappa shape index (κ2) is 8.87. The van der Waals surface area contributed by atoms with Gasteiger partial charge in [0.15, 0.2) is 0 Å². The van der Waals surface area contributed by atoms with E-state index >= 15 is 0 Å². The summed E-state index contributed by atoms with van der Waals surface area (Å²) in [4.78, 5) is 12.9. The van der Waals surface area contributed by atoms with Gasteiger partial charge in [-0.15, -0.1) is 12.4 Å². The van der Waals surface area contributed by atoms with Gasteiger partial charge in [0, 0.05) is 25.2 Å². The Morgan fingerprint density at radius 2 is 1.70 bits per heavy atom.